The smallest absolute Gasteiger partial charge is 0.332 e. The predicted molar refractivity (Wildman–Crippen MR) is 65.0 cm³/mol. The third-order valence-electron chi connectivity index (χ3n) is 2.62. The number of aliphatic hydroxyl groups is 1. The van der Waals surface area contributed by atoms with Crippen LogP contribution in [0.3, 0.4) is 0 Å². The van der Waals surface area contributed by atoms with Crippen LogP contribution in [0.1, 0.15) is 0 Å². The summed E-state index contributed by atoms with van der Waals surface area (Å²) >= 11 is 3.21. The molecule has 0 fully saturated rings. The van der Waals surface area contributed by atoms with E-state index in [1.807, 2.05) is 0 Å². The van der Waals surface area contributed by atoms with E-state index in [0.29, 0.717) is 15.9 Å². The summed E-state index contributed by atoms with van der Waals surface area (Å²) in [6.07, 6.45) is 0. The molecule has 0 amide bonds. The minimum Gasteiger partial charge on any atom is -0.395 e. The first-order chi connectivity index (χ1) is 7.99. The highest BCUT2D eigenvalue weighted by Gasteiger charge is 2.17. The first-order valence-corrected chi connectivity index (χ1v) is 5.71. The van der Waals surface area contributed by atoms with Gasteiger partial charge in [0.2, 0.25) is 0 Å². The first kappa shape index (κ1) is 12.1. The summed E-state index contributed by atoms with van der Waals surface area (Å²) in [4.78, 5) is 27.8. The largest absolute Gasteiger partial charge is 0.395 e. The van der Waals surface area contributed by atoms with Crippen molar-refractivity contribution in [2.75, 3.05) is 6.61 Å². The van der Waals surface area contributed by atoms with E-state index in [-0.39, 0.29) is 13.2 Å². The number of aliphatic hydroxyl groups excluding tert-OH is 1. The molecule has 0 spiro atoms. The maximum atomic E-state index is 12.0. The number of imidazole rings is 1. The monoisotopic (exact) mass is 302 g/mol. The molecule has 0 radical (unpaired) electrons. The molecule has 8 heteroatoms. The van der Waals surface area contributed by atoms with Gasteiger partial charge in [-0.2, -0.15) is 0 Å². The Balaban J connectivity index is 3.02. The maximum Gasteiger partial charge on any atom is 0.332 e. The molecular weight excluding hydrogens is 292 g/mol. The van der Waals surface area contributed by atoms with E-state index < -0.39 is 11.2 Å². The average Bonchev–Trinajstić information content (AvgIpc) is 2.62. The van der Waals surface area contributed by atoms with Crippen molar-refractivity contribution in [2.45, 2.75) is 6.54 Å². The van der Waals surface area contributed by atoms with Crippen molar-refractivity contribution in [2.24, 2.45) is 14.1 Å². The quantitative estimate of drug-likeness (QED) is 0.736. The van der Waals surface area contributed by atoms with Gasteiger partial charge in [0.1, 0.15) is 0 Å². The fraction of sp³-hybridized carbons (Fsp3) is 0.444. The van der Waals surface area contributed by atoms with Gasteiger partial charge in [0.25, 0.3) is 5.56 Å². The Morgan fingerprint density at radius 2 is 1.94 bits per heavy atom. The van der Waals surface area contributed by atoms with Gasteiger partial charge in [-0.05, 0) is 15.9 Å². The number of aryl methyl sites for hydroxylation is 1. The van der Waals surface area contributed by atoms with Crippen LogP contribution >= 0.6 is 15.9 Å². The summed E-state index contributed by atoms with van der Waals surface area (Å²) in [6.45, 7) is 0.126. The van der Waals surface area contributed by atoms with Crippen molar-refractivity contribution in [3.8, 4) is 0 Å². The number of rotatable bonds is 2. The third kappa shape index (κ3) is 1.64. The lowest BCUT2D eigenvalue weighted by Gasteiger charge is -2.05. The summed E-state index contributed by atoms with van der Waals surface area (Å²) in [6, 6.07) is 0. The van der Waals surface area contributed by atoms with Crippen LogP contribution in [-0.2, 0) is 20.6 Å². The molecule has 0 unspecified atom stereocenters. The number of fused-ring (bicyclic) bond motifs is 1. The Morgan fingerprint density at radius 3 is 2.53 bits per heavy atom. The van der Waals surface area contributed by atoms with Crippen LogP contribution in [0, 0.1) is 0 Å². The predicted octanol–water partition coefficient (Wildman–Crippen LogP) is -0.812. The van der Waals surface area contributed by atoms with Crippen LogP contribution in [-0.4, -0.2) is 30.4 Å². The third-order valence-corrected chi connectivity index (χ3v) is 3.23. The van der Waals surface area contributed by atoms with Crippen LogP contribution in [0.4, 0.5) is 0 Å². The number of hydrogen-bond acceptors (Lipinski definition) is 4. The molecule has 0 atom stereocenters. The van der Waals surface area contributed by atoms with Crippen LogP contribution in [0.15, 0.2) is 14.3 Å². The average molecular weight is 303 g/mol. The highest BCUT2D eigenvalue weighted by atomic mass is 79.9. The van der Waals surface area contributed by atoms with Crippen LogP contribution in [0.5, 0.6) is 0 Å². The number of nitrogens with zero attached hydrogens (tertiary/aromatic N) is 4. The topological polar surface area (TPSA) is 82.0 Å². The van der Waals surface area contributed by atoms with E-state index in [4.69, 9.17) is 5.11 Å². The molecule has 0 saturated heterocycles. The van der Waals surface area contributed by atoms with Gasteiger partial charge in [-0.1, -0.05) is 0 Å². The zero-order chi connectivity index (χ0) is 12.7. The molecular formula is C9H11BrN4O3. The SMILES string of the molecule is Cn1c(=O)c2c(nc(Br)n2CCO)n(C)c1=O. The van der Waals surface area contributed by atoms with Gasteiger partial charge in [-0.3, -0.25) is 13.9 Å². The zero-order valence-corrected chi connectivity index (χ0v) is 10.9. The van der Waals surface area contributed by atoms with Crippen LogP contribution < -0.4 is 11.2 Å². The van der Waals surface area contributed by atoms with Gasteiger partial charge in [0.15, 0.2) is 15.9 Å². The lowest BCUT2D eigenvalue weighted by atomic mass is 10.5. The molecule has 17 heavy (non-hydrogen) atoms. The van der Waals surface area contributed by atoms with E-state index in [2.05, 4.69) is 20.9 Å². The van der Waals surface area contributed by atoms with Crippen molar-refractivity contribution in [1.29, 1.82) is 0 Å². The Bertz CT molecular complexity index is 697. The molecule has 0 aliphatic heterocycles. The molecule has 0 aliphatic carbocycles. The van der Waals surface area contributed by atoms with Gasteiger partial charge in [-0.25, -0.2) is 9.78 Å². The summed E-state index contributed by atoms with van der Waals surface area (Å²) in [5, 5.41) is 8.96. The van der Waals surface area contributed by atoms with Crippen LogP contribution in [0.25, 0.3) is 11.2 Å². The number of aromatic nitrogens is 4. The lowest BCUT2D eigenvalue weighted by molar-refractivity contribution is 0.276. The molecule has 7 nitrogen and oxygen atoms in total. The second-order valence-electron chi connectivity index (χ2n) is 3.63. The fourth-order valence-electron chi connectivity index (χ4n) is 1.72. The first-order valence-electron chi connectivity index (χ1n) is 4.91. The molecule has 92 valence electrons. The van der Waals surface area contributed by atoms with Crippen molar-refractivity contribution in [3.63, 3.8) is 0 Å². The molecule has 2 aromatic heterocycles. The van der Waals surface area contributed by atoms with E-state index in [1.54, 1.807) is 7.05 Å². The van der Waals surface area contributed by atoms with E-state index in [0.717, 1.165) is 4.57 Å². The summed E-state index contributed by atoms with van der Waals surface area (Å²) in [5.41, 5.74) is -0.243. The fourth-order valence-corrected chi connectivity index (χ4v) is 2.25. The minimum atomic E-state index is -0.427. The molecule has 0 bridgehead atoms. The molecule has 2 rings (SSSR count). The van der Waals surface area contributed by atoms with Gasteiger partial charge in [0, 0.05) is 20.6 Å². The molecule has 0 saturated carbocycles. The normalized spacial score (nSPS) is 11.3. The van der Waals surface area contributed by atoms with Gasteiger partial charge < -0.3 is 9.67 Å². The van der Waals surface area contributed by atoms with Crippen LogP contribution in [0.2, 0.25) is 0 Å². The zero-order valence-electron chi connectivity index (χ0n) is 9.34. The molecule has 2 heterocycles. The van der Waals surface area contributed by atoms with Gasteiger partial charge in [0.05, 0.1) is 6.61 Å². The molecule has 1 N–H and O–H groups in total. The Kier molecular flexibility index (Phi) is 2.92. The van der Waals surface area contributed by atoms with Crippen molar-refractivity contribution < 1.29 is 5.11 Å². The van der Waals surface area contributed by atoms with E-state index in [1.165, 1.54) is 16.2 Å². The minimum absolute atomic E-state index is 0.115. The van der Waals surface area contributed by atoms with Crippen molar-refractivity contribution >= 4 is 27.1 Å². The number of halogens is 1. The molecule has 0 aliphatic rings. The van der Waals surface area contributed by atoms with Crippen molar-refractivity contribution in [1.82, 2.24) is 18.7 Å². The van der Waals surface area contributed by atoms with Gasteiger partial charge >= 0.3 is 5.69 Å². The van der Waals surface area contributed by atoms with E-state index in [9.17, 15) is 9.59 Å². The highest BCUT2D eigenvalue weighted by molar-refractivity contribution is 9.10. The second-order valence-corrected chi connectivity index (χ2v) is 4.34. The van der Waals surface area contributed by atoms with E-state index >= 15 is 0 Å². The standard InChI is InChI=1S/C9H11BrN4O3/c1-12-6-5(7(16)13(2)9(12)17)14(3-4-15)8(10)11-6/h15H,3-4H2,1-2H3. The summed E-state index contributed by atoms with van der Waals surface area (Å²) in [5.74, 6) is 0. The Morgan fingerprint density at radius 1 is 1.29 bits per heavy atom. The summed E-state index contributed by atoms with van der Waals surface area (Å²) in [7, 11) is 2.96. The summed E-state index contributed by atoms with van der Waals surface area (Å²) < 4.78 is 4.27. The Hall–Kier alpha value is -1.41. The molecule has 0 aromatic carbocycles. The Labute approximate surface area is 104 Å². The lowest BCUT2D eigenvalue weighted by Crippen LogP contribution is -2.37. The molecule has 2 aromatic rings. The van der Waals surface area contributed by atoms with Crippen molar-refractivity contribution in [3.05, 3.63) is 25.6 Å². The second kappa shape index (κ2) is 4.11. The number of hydrogen-bond donors (Lipinski definition) is 1. The maximum absolute atomic E-state index is 12.0. The van der Waals surface area contributed by atoms with Gasteiger partial charge in [-0.15, -0.1) is 0 Å². The highest BCUT2D eigenvalue weighted by Crippen LogP contribution is 2.15.